The van der Waals surface area contributed by atoms with Gasteiger partial charge < -0.3 is 20.8 Å². The number of rotatable bonds is 12. The summed E-state index contributed by atoms with van der Waals surface area (Å²) in [6.07, 6.45) is 7.77. The highest BCUT2D eigenvalue weighted by atomic mass is 16.1. The number of para-hydroxylation sites is 2. The molecule has 34 heavy (non-hydrogen) atoms. The Bertz CT molecular complexity index is 1210. The van der Waals surface area contributed by atoms with Crippen molar-refractivity contribution in [2.75, 3.05) is 0 Å². The second-order valence-electron chi connectivity index (χ2n) is 9.19. The van der Waals surface area contributed by atoms with Gasteiger partial charge in [-0.2, -0.15) is 0 Å². The zero-order valence-corrected chi connectivity index (χ0v) is 20.1. The number of aromatic amines is 2. The molecule has 0 spiro atoms. The molecule has 0 aliphatic rings. The van der Waals surface area contributed by atoms with Crippen molar-refractivity contribution in [3.05, 3.63) is 72.1 Å². The molecule has 2 aromatic carbocycles. The minimum atomic E-state index is -0.522. The number of benzene rings is 2. The van der Waals surface area contributed by atoms with E-state index in [1.165, 1.54) is 0 Å². The van der Waals surface area contributed by atoms with Crippen LogP contribution in [-0.2, 0) is 17.6 Å². The molecule has 0 aliphatic carbocycles. The molecule has 2 unspecified atom stereocenters. The van der Waals surface area contributed by atoms with E-state index >= 15 is 0 Å². The lowest BCUT2D eigenvalue weighted by atomic mass is 9.78. The highest BCUT2D eigenvalue weighted by Gasteiger charge is 2.33. The van der Waals surface area contributed by atoms with Crippen molar-refractivity contribution in [2.45, 2.75) is 52.4 Å². The maximum Gasteiger partial charge on any atom is 0.150 e. The van der Waals surface area contributed by atoms with Gasteiger partial charge in [0.2, 0.25) is 0 Å². The van der Waals surface area contributed by atoms with Crippen molar-refractivity contribution in [1.29, 1.82) is 10.8 Å². The average Bonchev–Trinajstić information content (AvgIpc) is 3.45. The standard InChI is InChI=1S/C29H34N4O/c1-3-9-25(30)23(15-19-17-32-27-13-7-5-11-21(19)27)29(34)24(26(31)10-4-2)16-20-18-33-28-14-8-6-12-22(20)28/h5-8,11-14,17-18,23-24,30-33H,3-4,9-10,15-16H2,1-2H3. The lowest BCUT2D eigenvalue weighted by Crippen LogP contribution is -2.36. The lowest BCUT2D eigenvalue weighted by molar-refractivity contribution is -0.122. The van der Waals surface area contributed by atoms with Crippen LogP contribution in [0.25, 0.3) is 21.8 Å². The Hall–Kier alpha value is -3.47. The normalized spacial score (nSPS) is 13.2. The van der Waals surface area contributed by atoms with Crippen LogP contribution in [0.3, 0.4) is 0 Å². The second kappa shape index (κ2) is 10.6. The summed E-state index contributed by atoms with van der Waals surface area (Å²) in [6.45, 7) is 4.09. The molecule has 0 saturated carbocycles. The van der Waals surface area contributed by atoms with E-state index in [9.17, 15) is 4.79 Å². The smallest absolute Gasteiger partial charge is 0.150 e. The van der Waals surface area contributed by atoms with Crippen molar-refractivity contribution in [1.82, 2.24) is 9.97 Å². The molecule has 0 bridgehead atoms. The minimum Gasteiger partial charge on any atom is -0.361 e. The minimum absolute atomic E-state index is 0.00691. The SMILES string of the molecule is CCCC(=N)C(Cc1c[nH]c2ccccc12)C(=O)C(Cc1c[nH]c2ccccc12)C(=N)CCC. The monoisotopic (exact) mass is 454 g/mol. The van der Waals surface area contributed by atoms with Gasteiger partial charge >= 0.3 is 0 Å². The van der Waals surface area contributed by atoms with Crippen molar-refractivity contribution in [2.24, 2.45) is 11.8 Å². The van der Waals surface area contributed by atoms with Gasteiger partial charge in [-0.05, 0) is 48.9 Å². The molecule has 2 aromatic heterocycles. The number of fused-ring (bicyclic) bond motifs is 2. The van der Waals surface area contributed by atoms with Crippen LogP contribution in [0.4, 0.5) is 0 Å². The van der Waals surface area contributed by atoms with Gasteiger partial charge in [0.1, 0.15) is 0 Å². The van der Waals surface area contributed by atoms with E-state index in [0.29, 0.717) is 37.1 Å². The first-order valence-corrected chi connectivity index (χ1v) is 12.3. The molecular weight excluding hydrogens is 420 g/mol. The number of hydrogen-bond donors (Lipinski definition) is 4. The molecule has 2 heterocycles. The van der Waals surface area contributed by atoms with Crippen LogP contribution < -0.4 is 0 Å². The second-order valence-corrected chi connectivity index (χ2v) is 9.19. The summed E-state index contributed by atoms with van der Waals surface area (Å²) in [6, 6.07) is 16.2. The van der Waals surface area contributed by atoms with Crippen LogP contribution in [0, 0.1) is 22.7 Å². The van der Waals surface area contributed by atoms with Crippen LogP contribution in [0.5, 0.6) is 0 Å². The molecule has 2 atom stereocenters. The molecule has 4 N–H and O–H groups in total. The molecule has 4 aromatic rings. The molecule has 0 fully saturated rings. The van der Waals surface area contributed by atoms with Crippen molar-refractivity contribution in [3.8, 4) is 0 Å². The van der Waals surface area contributed by atoms with Gasteiger partial charge in [0, 0.05) is 45.6 Å². The molecule has 0 radical (unpaired) electrons. The predicted octanol–water partition coefficient (Wildman–Crippen LogP) is 6.88. The number of carbonyl (C=O) groups is 1. The molecule has 4 rings (SSSR count). The third-order valence-corrected chi connectivity index (χ3v) is 6.76. The zero-order chi connectivity index (χ0) is 24.1. The van der Waals surface area contributed by atoms with Crippen LogP contribution >= 0.6 is 0 Å². The van der Waals surface area contributed by atoms with E-state index in [0.717, 1.165) is 45.8 Å². The summed E-state index contributed by atoms with van der Waals surface area (Å²) in [5.41, 5.74) is 5.15. The fourth-order valence-electron chi connectivity index (χ4n) is 4.96. The Labute approximate surface area is 201 Å². The van der Waals surface area contributed by atoms with Crippen molar-refractivity contribution < 1.29 is 4.79 Å². The van der Waals surface area contributed by atoms with Crippen LogP contribution in [0.15, 0.2) is 60.9 Å². The van der Waals surface area contributed by atoms with E-state index < -0.39 is 11.8 Å². The van der Waals surface area contributed by atoms with Crippen LogP contribution in [-0.4, -0.2) is 27.2 Å². The molecule has 0 aliphatic heterocycles. The molecule has 5 nitrogen and oxygen atoms in total. The predicted molar refractivity (Wildman–Crippen MR) is 141 cm³/mol. The topological polar surface area (TPSA) is 96.3 Å². The van der Waals surface area contributed by atoms with Gasteiger partial charge in [0.15, 0.2) is 5.78 Å². The summed E-state index contributed by atoms with van der Waals surface area (Å²) < 4.78 is 0. The van der Waals surface area contributed by atoms with Gasteiger partial charge in [-0.15, -0.1) is 0 Å². The lowest BCUT2D eigenvalue weighted by Gasteiger charge is -2.24. The first-order valence-electron chi connectivity index (χ1n) is 12.3. The van der Waals surface area contributed by atoms with Crippen molar-refractivity contribution >= 4 is 39.0 Å². The molecule has 0 saturated heterocycles. The summed E-state index contributed by atoms with van der Waals surface area (Å²) in [4.78, 5) is 20.7. The number of hydrogen-bond acceptors (Lipinski definition) is 3. The first-order chi connectivity index (χ1) is 16.5. The Morgan fingerprint density at radius 2 is 1.15 bits per heavy atom. The number of H-pyrrole nitrogens is 2. The fourth-order valence-corrected chi connectivity index (χ4v) is 4.96. The Morgan fingerprint density at radius 3 is 1.56 bits per heavy atom. The third kappa shape index (κ3) is 4.89. The third-order valence-electron chi connectivity index (χ3n) is 6.76. The summed E-state index contributed by atoms with van der Waals surface area (Å²) >= 11 is 0. The number of aromatic nitrogens is 2. The van der Waals surface area contributed by atoms with Gasteiger partial charge in [-0.25, -0.2) is 0 Å². The molecule has 0 amide bonds. The quantitative estimate of drug-likeness (QED) is 0.173. The summed E-state index contributed by atoms with van der Waals surface area (Å²) in [5.74, 6) is -1.04. The Kier molecular flexibility index (Phi) is 7.41. The van der Waals surface area contributed by atoms with Crippen molar-refractivity contribution in [3.63, 3.8) is 0 Å². The van der Waals surface area contributed by atoms with Gasteiger partial charge in [-0.1, -0.05) is 63.1 Å². The molecular formula is C29H34N4O. The molecule has 5 heteroatoms. The molecule has 176 valence electrons. The van der Waals surface area contributed by atoms with Gasteiger partial charge in [0.05, 0.1) is 11.8 Å². The van der Waals surface area contributed by atoms with Gasteiger partial charge in [0.25, 0.3) is 0 Å². The van der Waals surface area contributed by atoms with Crippen LogP contribution in [0.2, 0.25) is 0 Å². The number of ketones is 1. The maximum absolute atomic E-state index is 14.1. The van der Waals surface area contributed by atoms with Gasteiger partial charge in [-0.3, -0.25) is 4.79 Å². The first kappa shape index (κ1) is 23.7. The largest absolute Gasteiger partial charge is 0.361 e. The number of nitrogens with one attached hydrogen (secondary N) is 4. The van der Waals surface area contributed by atoms with E-state index in [-0.39, 0.29) is 5.78 Å². The summed E-state index contributed by atoms with van der Waals surface area (Å²) in [5, 5.41) is 19.8. The van der Waals surface area contributed by atoms with E-state index in [2.05, 4.69) is 22.1 Å². The van der Waals surface area contributed by atoms with E-state index in [4.69, 9.17) is 10.8 Å². The average molecular weight is 455 g/mol. The number of carbonyl (C=O) groups excluding carboxylic acids is 1. The fraction of sp³-hybridized carbons (Fsp3) is 0.345. The van der Waals surface area contributed by atoms with Crippen LogP contribution in [0.1, 0.15) is 50.7 Å². The highest BCUT2D eigenvalue weighted by Crippen LogP contribution is 2.28. The summed E-state index contributed by atoms with van der Waals surface area (Å²) in [7, 11) is 0. The van der Waals surface area contributed by atoms with E-state index in [1.807, 2.05) is 62.6 Å². The Morgan fingerprint density at radius 1 is 0.735 bits per heavy atom. The zero-order valence-electron chi connectivity index (χ0n) is 20.1. The Balaban J connectivity index is 1.68. The number of Topliss-reactive ketones (excluding diaryl/α,β-unsaturated/α-hetero) is 1. The van der Waals surface area contributed by atoms with E-state index in [1.54, 1.807) is 0 Å². The maximum atomic E-state index is 14.1. The highest BCUT2D eigenvalue weighted by molar-refractivity contribution is 6.13.